The van der Waals surface area contributed by atoms with Crippen LogP contribution in [0.3, 0.4) is 0 Å². The van der Waals surface area contributed by atoms with Crippen LogP contribution in [0.25, 0.3) is 11.1 Å². The van der Waals surface area contributed by atoms with Gasteiger partial charge in [-0.05, 0) is 12.1 Å². The molecule has 3 aromatic rings. The smallest absolute Gasteiger partial charge is 0.300 e. The van der Waals surface area contributed by atoms with Gasteiger partial charge in [0.15, 0.2) is 5.58 Å². The van der Waals surface area contributed by atoms with Gasteiger partial charge in [-0.2, -0.15) is 4.98 Å². The van der Waals surface area contributed by atoms with Crippen molar-refractivity contribution in [3.63, 3.8) is 0 Å². The quantitative estimate of drug-likeness (QED) is 0.716. The molecular weight excluding hydrogens is 270 g/mol. The van der Waals surface area contributed by atoms with E-state index in [1.165, 1.54) is 0 Å². The van der Waals surface area contributed by atoms with E-state index in [1.54, 1.807) is 32.4 Å². The van der Waals surface area contributed by atoms with E-state index in [0.717, 1.165) is 11.2 Å². The van der Waals surface area contributed by atoms with Crippen LogP contribution in [-0.2, 0) is 0 Å². The molecule has 0 bridgehead atoms. The molecule has 0 aliphatic rings. The second-order valence-corrected chi connectivity index (χ2v) is 4.47. The fourth-order valence-corrected chi connectivity index (χ4v) is 2.00. The number of rotatable bonds is 4. The van der Waals surface area contributed by atoms with Gasteiger partial charge in [0.2, 0.25) is 0 Å². The van der Waals surface area contributed by atoms with Gasteiger partial charge in [-0.25, -0.2) is 0 Å². The molecule has 0 aliphatic carbocycles. The Hall–Kier alpha value is -2.89. The molecule has 0 unspecified atom stereocenters. The molecule has 21 heavy (non-hydrogen) atoms. The second kappa shape index (κ2) is 5.24. The summed E-state index contributed by atoms with van der Waals surface area (Å²) in [5, 5.41) is 3.08. The first-order valence-corrected chi connectivity index (χ1v) is 6.34. The minimum absolute atomic E-state index is 0.380. The van der Waals surface area contributed by atoms with Gasteiger partial charge < -0.3 is 24.9 Å². The predicted molar refractivity (Wildman–Crippen MR) is 81.3 cm³/mol. The summed E-state index contributed by atoms with van der Waals surface area (Å²) in [5.74, 6) is 1.36. The number of methoxy groups -OCH3 is 2. The number of ether oxygens (including phenoxy) is 2. The Morgan fingerprint density at radius 1 is 1.05 bits per heavy atom. The predicted octanol–water partition coefficient (Wildman–Crippen LogP) is 3.17. The summed E-state index contributed by atoms with van der Waals surface area (Å²) in [4.78, 5) is 4.35. The van der Waals surface area contributed by atoms with Crippen molar-refractivity contribution in [2.45, 2.75) is 0 Å². The van der Waals surface area contributed by atoms with Crippen LogP contribution in [0.2, 0.25) is 0 Å². The van der Waals surface area contributed by atoms with Crippen LogP contribution < -0.4 is 20.5 Å². The van der Waals surface area contributed by atoms with Gasteiger partial charge >= 0.3 is 0 Å². The number of hydrogen-bond acceptors (Lipinski definition) is 6. The van der Waals surface area contributed by atoms with Crippen LogP contribution in [0, 0.1) is 0 Å². The Kier molecular flexibility index (Phi) is 3.27. The van der Waals surface area contributed by atoms with Gasteiger partial charge in [0, 0.05) is 35.6 Å². The molecule has 0 spiro atoms. The normalized spacial score (nSPS) is 10.6. The van der Waals surface area contributed by atoms with E-state index < -0.39 is 0 Å². The average Bonchev–Trinajstić information content (AvgIpc) is 2.87. The topological polar surface area (TPSA) is 82.5 Å². The third-order valence-corrected chi connectivity index (χ3v) is 3.02. The van der Waals surface area contributed by atoms with Crippen LogP contribution in [0.4, 0.5) is 17.4 Å². The number of fused-ring (bicyclic) bond motifs is 1. The first-order valence-electron chi connectivity index (χ1n) is 6.34. The first kappa shape index (κ1) is 13.1. The molecule has 1 heterocycles. The van der Waals surface area contributed by atoms with Crippen molar-refractivity contribution in [2.75, 3.05) is 25.3 Å². The lowest BCUT2D eigenvalue weighted by Crippen LogP contribution is -1.93. The highest BCUT2D eigenvalue weighted by atomic mass is 16.5. The molecule has 0 fully saturated rings. The molecule has 6 heteroatoms. The lowest BCUT2D eigenvalue weighted by Gasteiger charge is -2.08. The average molecular weight is 285 g/mol. The highest BCUT2D eigenvalue weighted by Gasteiger charge is 2.08. The van der Waals surface area contributed by atoms with E-state index in [9.17, 15) is 0 Å². The molecule has 0 aliphatic heterocycles. The summed E-state index contributed by atoms with van der Waals surface area (Å²) < 4.78 is 16.1. The monoisotopic (exact) mass is 285 g/mol. The van der Waals surface area contributed by atoms with E-state index in [2.05, 4.69) is 10.3 Å². The zero-order chi connectivity index (χ0) is 14.8. The van der Waals surface area contributed by atoms with E-state index in [1.807, 2.05) is 18.2 Å². The van der Waals surface area contributed by atoms with Crippen LogP contribution in [-0.4, -0.2) is 19.2 Å². The van der Waals surface area contributed by atoms with Crippen LogP contribution >= 0.6 is 0 Å². The van der Waals surface area contributed by atoms with Crippen molar-refractivity contribution < 1.29 is 13.9 Å². The van der Waals surface area contributed by atoms with Crippen molar-refractivity contribution in [3.05, 3.63) is 36.4 Å². The molecule has 0 amide bonds. The lowest BCUT2D eigenvalue weighted by molar-refractivity contribution is 0.394. The molecule has 0 saturated carbocycles. The van der Waals surface area contributed by atoms with E-state index in [0.29, 0.717) is 28.8 Å². The SMILES string of the molecule is COc1cc(Nc2nc3ccc(N)cc3o2)cc(OC)c1. The number of nitrogen functional groups attached to an aromatic ring is 1. The summed E-state index contributed by atoms with van der Waals surface area (Å²) in [6.07, 6.45) is 0. The summed E-state index contributed by atoms with van der Waals surface area (Å²) in [6, 6.07) is 11.1. The minimum atomic E-state index is 0.380. The van der Waals surface area contributed by atoms with Gasteiger partial charge in [0.25, 0.3) is 6.01 Å². The van der Waals surface area contributed by atoms with Crippen molar-refractivity contribution in [2.24, 2.45) is 0 Å². The van der Waals surface area contributed by atoms with Crippen molar-refractivity contribution in [1.29, 1.82) is 0 Å². The lowest BCUT2D eigenvalue weighted by atomic mass is 10.3. The Morgan fingerprint density at radius 2 is 1.76 bits per heavy atom. The number of aromatic nitrogens is 1. The first-order chi connectivity index (χ1) is 10.2. The van der Waals surface area contributed by atoms with Crippen LogP contribution in [0.1, 0.15) is 0 Å². The number of nitrogens with two attached hydrogens (primary N) is 1. The number of nitrogens with zero attached hydrogens (tertiary/aromatic N) is 1. The summed E-state index contributed by atoms with van der Waals surface area (Å²) >= 11 is 0. The molecule has 2 aromatic carbocycles. The third-order valence-electron chi connectivity index (χ3n) is 3.02. The third kappa shape index (κ3) is 2.69. The van der Waals surface area contributed by atoms with Crippen LogP contribution in [0.5, 0.6) is 11.5 Å². The Bertz CT molecular complexity index is 761. The maximum absolute atomic E-state index is 5.72. The van der Waals surface area contributed by atoms with Gasteiger partial charge in [0.1, 0.15) is 17.0 Å². The van der Waals surface area contributed by atoms with Crippen molar-refractivity contribution in [1.82, 2.24) is 4.98 Å². The van der Waals surface area contributed by atoms with E-state index in [-0.39, 0.29) is 0 Å². The van der Waals surface area contributed by atoms with Gasteiger partial charge in [-0.15, -0.1) is 0 Å². The van der Waals surface area contributed by atoms with Crippen molar-refractivity contribution >= 4 is 28.5 Å². The molecule has 0 saturated heterocycles. The zero-order valence-electron chi connectivity index (χ0n) is 11.7. The van der Waals surface area contributed by atoms with Gasteiger partial charge in [0.05, 0.1) is 14.2 Å². The largest absolute Gasteiger partial charge is 0.497 e. The maximum Gasteiger partial charge on any atom is 0.300 e. The summed E-state index contributed by atoms with van der Waals surface area (Å²) in [7, 11) is 3.20. The van der Waals surface area contributed by atoms with Crippen LogP contribution in [0.15, 0.2) is 40.8 Å². The number of benzene rings is 2. The highest BCUT2D eigenvalue weighted by Crippen LogP contribution is 2.29. The molecule has 6 nitrogen and oxygen atoms in total. The standard InChI is InChI=1S/C15H15N3O3/c1-19-11-6-10(7-12(8-11)20-2)17-15-18-13-4-3-9(16)5-14(13)21-15/h3-8H,16H2,1-2H3,(H,17,18). The minimum Gasteiger partial charge on any atom is -0.497 e. The number of nitrogens with one attached hydrogen (secondary N) is 1. The molecular formula is C15H15N3O3. The summed E-state index contributed by atoms with van der Waals surface area (Å²) in [5.41, 5.74) is 8.48. The fraction of sp³-hybridized carbons (Fsp3) is 0.133. The Morgan fingerprint density at radius 3 is 2.43 bits per heavy atom. The second-order valence-electron chi connectivity index (χ2n) is 4.47. The van der Waals surface area contributed by atoms with E-state index >= 15 is 0 Å². The fourth-order valence-electron chi connectivity index (χ4n) is 2.00. The number of anilines is 3. The Labute approximate surface area is 121 Å². The molecule has 0 atom stereocenters. The molecule has 3 N–H and O–H groups in total. The van der Waals surface area contributed by atoms with Gasteiger partial charge in [-0.3, -0.25) is 0 Å². The number of hydrogen-bond donors (Lipinski definition) is 2. The maximum atomic E-state index is 5.72. The van der Waals surface area contributed by atoms with E-state index in [4.69, 9.17) is 19.6 Å². The molecule has 1 aromatic heterocycles. The zero-order valence-corrected chi connectivity index (χ0v) is 11.7. The Balaban J connectivity index is 1.94. The molecule has 3 rings (SSSR count). The molecule has 0 radical (unpaired) electrons. The molecule has 108 valence electrons. The summed E-state index contributed by atoms with van der Waals surface area (Å²) in [6.45, 7) is 0. The van der Waals surface area contributed by atoms with Gasteiger partial charge in [-0.1, -0.05) is 0 Å². The highest BCUT2D eigenvalue weighted by molar-refractivity contribution is 5.78. The van der Waals surface area contributed by atoms with Crippen molar-refractivity contribution in [3.8, 4) is 11.5 Å². The number of oxazole rings is 1.